The van der Waals surface area contributed by atoms with E-state index in [9.17, 15) is 4.79 Å². The zero-order chi connectivity index (χ0) is 11.8. The summed E-state index contributed by atoms with van der Waals surface area (Å²) in [6, 6.07) is 9.50. The number of rotatable bonds is 1. The van der Waals surface area contributed by atoms with Gasteiger partial charge in [-0.3, -0.25) is 0 Å². The van der Waals surface area contributed by atoms with E-state index in [-0.39, 0.29) is 5.97 Å². The molecule has 1 aliphatic rings. The molecule has 3 rings (SSSR count). The molecule has 0 unspecified atom stereocenters. The summed E-state index contributed by atoms with van der Waals surface area (Å²) in [6.45, 7) is 0. The molecule has 17 heavy (non-hydrogen) atoms. The normalized spacial score (nSPS) is 16.6. The third-order valence-corrected chi connectivity index (χ3v) is 4.36. The van der Waals surface area contributed by atoms with E-state index >= 15 is 0 Å². The van der Waals surface area contributed by atoms with E-state index in [2.05, 4.69) is 22.6 Å². The van der Waals surface area contributed by atoms with Crippen LogP contribution >= 0.6 is 33.9 Å². The van der Waals surface area contributed by atoms with Crippen molar-refractivity contribution in [2.45, 2.75) is 0 Å². The summed E-state index contributed by atoms with van der Waals surface area (Å²) in [5.74, 6) is 0.407. The van der Waals surface area contributed by atoms with E-state index in [0.29, 0.717) is 11.3 Å². The number of esters is 1. The van der Waals surface area contributed by atoms with Crippen LogP contribution < -0.4 is 0 Å². The Morgan fingerprint density at radius 2 is 1.94 bits per heavy atom. The van der Waals surface area contributed by atoms with Crippen LogP contribution in [0.4, 0.5) is 0 Å². The van der Waals surface area contributed by atoms with Crippen molar-refractivity contribution in [2.24, 2.45) is 0 Å². The summed E-state index contributed by atoms with van der Waals surface area (Å²) in [6.07, 6.45) is 0. The second-order valence-electron chi connectivity index (χ2n) is 3.59. The Morgan fingerprint density at radius 1 is 1.18 bits per heavy atom. The molecule has 0 bridgehead atoms. The molecule has 0 saturated heterocycles. The Balaban J connectivity index is 2.19. The van der Waals surface area contributed by atoms with Crippen LogP contribution in [-0.2, 0) is 4.74 Å². The number of carbonyl (C=O) groups is 1. The van der Waals surface area contributed by atoms with Gasteiger partial charge in [0.15, 0.2) is 5.76 Å². The number of benzene rings is 1. The first-order chi connectivity index (χ1) is 8.27. The Labute approximate surface area is 116 Å². The zero-order valence-electron chi connectivity index (χ0n) is 8.64. The van der Waals surface area contributed by atoms with Crippen molar-refractivity contribution in [3.05, 3.63) is 57.8 Å². The molecule has 0 saturated carbocycles. The number of fused-ring (bicyclic) bond motifs is 1. The summed E-state index contributed by atoms with van der Waals surface area (Å²) in [5.41, 5.74) is 2.62. The third-order valence-electron chi connectivity index (χ3n) is 2.56. The maximum Gasteiger partial charge on any atom is 0.344 e. The molecule has 2 nitrogen and oxygen atoms in total. The Bertz CT molecular complexity index is 614. The fraction of sp³-hybridized carbons (Fsp3) is 0. The topological polar surface area (TPSA) is 26.3 Å². The largest absolute Gasteiger partial charge is 0.421 e. The van der Waals surface area contributed by atoms with Crippen LogP contribution in [0, 0.1) is 0 Å². The summed E-state index contributed by atoms with van der Waals surface area (Å²) in [7, 11) is 0. The molecular weight excluding hydrogens is 347 g/mol. The van der Waals surface area contributed by atoms with Gasteiger partial charge in [0.05, 0.1) is 9.14 Å². The van der Waals surface area contributed by atoms with Crippen molar-refractivity contribution < 1.29 is 9.53 Å². The van der Waals surface area contributed by atoms with Gasteiger partial charge in [0.25, 0.3) is 0 Å². The lowest BCUT2D eigenvalue weighted by molar-refractivity contribution is 0.0717. The lowest BCUT2D eigenvalue weighted by atomic mass is 10.1. The minimum absolute atomic E-state index is 0.264. The van der Waals surface area contributed by atoms with Crippen molar-refractivity contribution in [1.29, 1.82) is 0 Å². The SMILES string of the molecule is O=C1O/C(=C(/I)c2ccsc2)c2ccccc21. The average Bonchev–Trinajstić information content (AvgIpc) is 2.97. The van der Waals surface area contributed by atoms with E-state index in [1.165, 1.54) is 0 Å². The zero-order valence-corrected chi connectivity index (χ0v) is 11.6. The minimum atomic E-state index is -0.264. The Morgan fingerprint density at radius 3 is 2.65 bits per heavy atom. The van der Waals surface area contributed by atoms with Crippen molar-refractivity contribution >= 4 is 49.2 Å². The van der Waals surface area contributed by atoms with Crippen LogP contribution in [0.25, 0.3) is 9.34 Å². The second-order valence-corrected chi connectivity index (χ2v) is 5.45. The minimum Gasteiger partial charge on any atom is -0.421 e. The van der Waals surface area contributed by atoms with E-state index < -0.39 is 0 Å². The summed E-state index contributed by atoms with van der Waals surface area (Å²) in [4.78, 5) is 11.7. The molecule has 2 heterocycles. The fourth-order valence-corrected chi connectivity index (χ4v) is 3.34. The molecule has 1 aromatic carbocycles. The molecule has 0 radical (unpaired) electrons. The standard InChI is InChI=1S/C13H7IO2S/c14-11(8-5-6-17-7-8)12-9-3-1-2-4-10(9)13(15)16-12/h1-7H/b12-11+. The number of cyclic esters (lactones) is 1. The quantitative estimate of drug-likeness (QED) is 0.567. The monoisotopic (exact) mass is 354 g/mol. The number of hydrogen-bond donors (Lipinski definition) is 0. The molecule has 1 aromatic heterocycles. The first-order valence-corrected chi connectivity index (χ1v) is 7.03. The van der Waals surface area contributed by atoms with Crippen LogP contribution in [0.2, 0.25) is 0 Å². The molecule has 1 aliphatic heterocycles. The van der Waals surface area contributed by atoms with Gasteiger partial charge in [0.1, 0.15) is 0 Å². The smallest absolute Gasteiger partial charge is 0.344 e. The van der Waals surface area contributed by atoms with Crippen molar-refractivity contribution in [3.63, 3.8) is 0 Å². The third kappa shape index (κ3) is 1.81. The Kier molecular flexibility index (Phi) is 2.76. The molecule has 0 atom stereocenters. The van der Waals surface area contributed by atoms with E-state index in [1.54, 1.807) is 17.4 Å². The first-order valence-electron chi connectivity index (χ1n) is 5.01. The molecule has 0 aliphatic carbocycles. The Hall–Kier alpha value is -1.14. The second kappa shape index (κ2) is 4.27. The van der Waals surface area contributed by atoms with Gasteiger partial charge in [-0.2, -0.15) is 11.3 Å². The van der Waals surface area contributed by atoms with Gasteiger partial charge in [-0.1, -0.05) is 18.2 Å². The summed E-state index contributed by atoms with van der Waals surface area (Å²) in [5, 5.41) is 4.06. The predicted molar refractivity (Wildman–Crippen MR) is 77.0 cm³/mol. The van der Waals surface area contributed by atoms with Crippen LogP contribution in [0.3, 0.4) is 0 Å². The average molecular weight is 354 g/mol. The summed E-state index contributed by atoms with van der Waals surface area (Å²) >= 11 is 3.85. The van der Waals surface area contributed by atoms with E-state index in [4.69, 9.17) is 4.74 Å². The van der Waals surface area contributed by atoms with E-state index in [1.807, 2.05) is 35.0 Å². The lowest BCUT2D eigenvalue weighted by Crippen LogP contribution is -1.92. The van der Waals surface area contributed by atoms with Crippen molar-refractivity contribution in [2.75, 3.05) is 0 Å². The predicted octanol–water partition coefficient (Wildman–Crippen LogP) is 4.18. The number of carbonyl (C=O) groups excluding carboxylic acids is 1. The summed E-state index contributed by atoms with van der Waals surface area (Å²) < 4.78 is 6.33. The van der Waals surface area contributed by atoms with Gasteiger partial charge in [0.2, 0.25) is 0 Å². The molecule has 0 fully saturated rings. The molecule has 0 amide bonds. The van der Waals surface area contributed by atoms with Crippen LogP contribution in [-0.4, -0.2) is 5.97 Å². The maximum atomic E-state index is 11.7. The fourth-order valence-electron chi connectivity index (χ4n) is 1.75. The van der Waals surface area contributed by atoms with Gasteiger partial charge < -0.3 is 4.74 Å². The highest BCUT2D eigenvalue weighted by atomic mass is 127. The lowest BCUT2D eigenvalue weighted by Gasteiger charge is -2.02. The van der Waals surface area contributed by atoms with Crippen LogP contribution in [0.5, 0.6) is 0 Å². The molecule has 84 valence electrons. The highest BCUT2D eigenvalue weighted by Gasteiger charge is 2.28. The number of thiophene rings is 1. The maximum absolute atomic E-state index is 11.7. The number of halogens is 1. The molecule has 2 aromatic rings. The first kappa shape index (κ1) is 11.0. The molecule has 4 heteroatoms. The molecular formula is C13H7IO2S. The van der Waals surface area contributed by atoms with Crippen molar-refractivity contribution in [1.82, 2.24) is 0 Å². The van der Waals surface area contributed by atoms with Crippen LogP contribution in [0.15, 0.2) is 41.1 Å². The molecule has 0 spiro atoms. The van der Waals surface area contributed by atoms with Gasteiger partial charge >= 0.3 is 5.97 Å². The van der Waals surface area contributed by atoms with Gasteiger partial charge in [-0.25, -0.2) is 4.79 Å². The van der Waals surface area contributed by atoms with Gasteiger partial charge in [0, 0.05) is 11.1 Å². The van der Waals surface area contributed by atoms with Gasteiger partial charge in [-0.05, 0) is 45.5 Å². The highest BCUT2D eigenvalue weighted by molar-refractivity contribution is 14.1. The highest BCUT2D eigenvalue weighted by Crippen LogP contribution is 2.39. The number of hydrogen-bond acceptors (Lipinski definition) is 3. The van der Waals surface area contributed by atoms with Gasteiger partial charge in [-0.15, -0.1) is 0 Å². The van der Waals surface area contributed by atoms with E-state index in [0.717, 1.165) is 14.7 Å². The number of ether oxygens (including phenoxy) is 1. The van der Waals surface area contributed by atoms with Crippen LogP contribution in [0.1, 0.15) is 21.5 Å². The molecule has 0 N–H and O–H groups in total. The van der Waals surface area contributed by atoms with Crippen molar-refractivity contribution in [3.8, 4) is 0 Å².